The fourth-order valence-electron chi connectivity index (χ4n) is 1.02. The molecule has 0 N–H and O–H groups in total. The molecule has 0 radical (unpaired) electrons. The molecule has 0 amide bonds. The van der Waals surface area contributed by atoms with E-state index in [9.17, 15) is 10.1 Å². The summed E-state index contributed by atoms with van der Waals surface area (Å²) in [6, 6.07) is 0. The van der Waals surface area contributed by atoms with Crippen LogP contribution in [0.25, 0.3) is 0 Å². The van der Waals surface area contributed by atoms with Crippen molar-refractivity contribution in [3.8, 4) is 11.8 Å². The SMILES string of the molecule is C/C=C/C(C#CCCCC)C[N+](=O)[O-]. The van der Waals surface area contributed by atoms with E-state index in [0.717, 1.165) is 19.3 Å². The zero-order valence-corrected chi connectivity index (χ0v) is 8.82. The maximum absolute atomic E-state index is 10.3. The summed E-state index contributed by atoms with van der Waals surface area (Å²) in [6.45, 7) is 3.85. The van der Waals surface area contributed by atoms with E-state index in [1.165, 1.54) is 0 Å². The van der Waals surface area contributed by atoms with Crippen LogP contribution in [0.1, 0.15) is 33.1 Å². The molecule has 78 valence electrons. The van der Waals surface area contributed by atoms with Crippen LogP contribution < -0.4 is 0 Å². The van der Waals surface area contributed by atoms with Crippen molar-refractivity contribution >= 4 is 0 Å². The molecule has 0 aliphatic rings. The predicted octanol–water partition coefficient (Wildman–Crippen LogP) is 2.65. The molecule has 0 heterocycles. The Morgan fingerprint density at radius 3 is 2.79 bits per heavy atom. The van der Waals surface area contributed by atoms with Crippen LogP contribution in [0.3, 0.4) is 0 Å². The maximum atomic E-state index is 10.3. The smallest absolute Gasteiger partial charge is 0.220 e. The minimum atomic E-state index is -0.320. The molecule has 1 unspecified atom stereocenters. The summed E-state index contributed by atoms with van der Waals surface area (Å²) in [5.41, 5.74) is 0. The van der Waals surface area contributed by atoms with Gasteiger partial charge in [0, 0.05) is 11.3 Å². The summed E-state index contributed by atoms with van der Waals surface area (Å²) in [5, 5.41) is 10.3. The lowest BCUT2D eigenvalue weighted by Crippen LogP contribution is -2.10. The first kappa shape index (κ1) is 12.7. The highest BCUT2D eigenvalue weighted by molar-refractivity contribution is 5.10. The second-order valence-electron chi connectivity index (χ2n) is 3.07. The van der Waals surface area contributed by atoms with Gasteiger partial charge in [-0.3, -0.25) is 10.1 Å². The average Bonchev–Trinajstić information content (AvgIpc) is 2.12. The molecular formula is C11H17NO2. The average molecular weight is 195 g/mol. The van der Waals surface area contributed by atoms with Crippen LogP contribution in [0.4, 0.5) is 0 Å². The van der Waals surface area contributed by atoms with Crippen LogP contribution in [0.15, 0.2) is 12.2 Å². The third-order valence-corrected chi connectivity index (χ3v) is 1.71. The normalized spacial score (nSPS) is 12.1. The molecule has 0 spiro atoms. The van der Waals surface area contributed by atoms with Gasteiger partial charge in [0.2, 0.25) is 6.54 Å². The Balaban J connectivity index is 4.05. The molecule has 0 aromatic rings. The summed E-state index contributed by atoms with van der Waals surface area (Å²) in [6.07, 6.45) is 6.60. The van der Waals surface area contributed by atoms with Crippen molar-refractivity contribution in [1.29, 1.82) is 0 Å². The van der Waals surface area contributed by atoms with Gasteiger partial charge in [-0.2, -0.15) is 0 Å². The first-order valence-electron chi connectivity index (χ1n) is 4.93. The molecule has 1 atom stereocenters. The maximum Gasteiger partial charge on any atom is 0.220 e. The zero-order valence-electron chi connectivity index (χ0n) is 8.82. The Labute approximate surface area is 85.4 Å². The molecule has 0 bridgehead atoms. The van der Waals surface area contributed by atoms with Crippen LogP contribution in [-0.4, -0.2) is 11.5 Å². The van der Waals surface area contributed by atoms with Gasteiger partial charge in [0.15, 0.2) is 0 Å². The molecular weight excluding hydrogens is 178 g/mol. The number of hydrogen-bond donors (Lipinski definition) is 0. The summed E-state index contributed by atoms with van der Waals surface area (Å²) < 4.78 is 0. The summed E-state index contributed by atoms with van der Waals surface area (Å²) in [4.78, 5) is 9.96. The molecule has 3 nitrogen and oxygen atoms in total. The standard InChI is InChI=1S/C11H17NO2/c1-3-5-6-7-9-11(8-4-2)10-12(13)14/h4,8,11H,3,5-6,10H2,1-2H3/b8-4+. The van der Waals surface area contributed by atoms with E-state index >= 15 is 0 Å². The van der Waals surface area contributed by atoms with E-state index < -0.39 is 0 Å². The Kier molecular flexibility index (Phi) is 7.53. The minimum Gasteiger partial charge on any atom is -0.264 e. The van der Waals surface area contributed by atoms with Gasteiger partial charge < -0.3 is 0 Å². The molecule has 0 aliphatic heterocycles. The van der Waals surface area contributed by atoms with E-state index in [1.54, 1.807) is 6.08 Å². The Hall–Kier alpha value is -1.30. The highest BCUT2D eigenvalue weighted by Crippen LogP contribution is 1.99. The van der Waals surface area contributed by atoms with Gasteiger partial charge >= 0.3 is 0 Å². The number of nitro groups is 1. The number of unbranched alkanes of at least 4 members (excludes halogenated alkanes) is 2. The lowest BCUT2D eigenvalue weighted by atomic mass is 10.1. The molecule has 0 aliphatic carbocycles. The van der Waals surface area contributed by atoms with Gasteiger partial charge in [0.05, 0.1) is 0 Å². The Bertz CT molecular complexity index is 248. The first-order valence-corrected chi connectivity index (χ1v) is 4.93. The van der Waals surface area contributed by atoms with Gasteiger partial charge in [-0.15, -0.1) is 5.92 Å². The van der Waals surface area contributed by atoms with E-state index in [4.69, 9.17) is 0 Å². The highest BCUT2D eigenvalue weighted by atomic mass is 16.6. The minimum absolute atomic E-state index is 0.0938. The third-order valence-electron chi connectivity index (χ3n) is 1.71. The monoisotopic (exact) mass is 195 g/mol. The molecule has 0 saturated carbocycles. The van der Waals surface area contributed by atoms with Crippen molar-refractivity contribution in [3.63, 3.8) is 0 Å². The molecule has 0 aromatic carbocycles. The van der Waals surface area contributed by atoms with E-state index in [0.29, 0.717) is 0 Å². The topological polar surface area (TPSA) is 43.1 Å². The first-order chi connectivity index (χ1) is 6.70. The highest BCUT2D eigenvalue weighted by Gasteiger charge is 2.07. The van der Waals surface area contributed by atoms with Gasteiger partial charge in [-0.25, -0.2) is 0 Å². The van der Waals surface area contributed by atoms with Crippen molar-refractivity contribution in [2.24, 2.45) is 5.92 Å². The quantitative estimate of drug-likeness (QED) is 0.222. The summed E-state index contributed by atoms with van der Waals surface area (Å²) in [7, 11) is 0. The summed E-state index contributed by atoms with van der Waals surface area (Å²) >= 11 is 0. The van der Waals surface area contributed by atoms with Crippen molar-refractivity contribution in [1.82, 2.24) is 0 Å². The molecule has 0 saturated heterocycles. The zero-order chi connectivity index (χ0) is 10.8. The fraction of sp³-hybridized carbons (Fsp3) is 0.636. The third kappa shape index (κ3) is 7.35. The Morgan fingerprint density at radius 2 is 2.29 bits per heavy atom. The van der Waals surface area contributed by atoms with Gasteiger partial charge in [-0.1, -0.05) is 31.4 Å². The number of rotatable bonds is 5. The number of allylic oxidation sites excluding steroid dienone is 1. The largest absolute Gasteiger partial charge is 0.264 e. The van der Waals surface area contributed by atoms with E-state index in [2.05, 4.69) is 18.8 Å². The van der Waals surface area contributed by atoms with Crippen molar-refractivity contribution in [2.75, 3.05) is 6.54 Å². The van der Waals surface area contributed by atoms with Crippen molar-refractivity contribution < 1.29 is 4.92 Å². The molecule has 0 rings (SSSR count). The van der Waals surface area contributed by atoms with Gasteiger partial charge in [-0.05, 0) is 13.3 Å². The van der Waals surface area contributed by atoms with Crippen molar-refractivity contribution in [2.45, 2.75) is 33.1 Å². The summed E-state index contributed by atoms with van der Waals surface area (Å²) in [5.74, 6) is 5.65. The van der Waals surface area contributed by atoms with Crippen molar-refractivity contribution in [3.05, 3.63) is 22.3 Å². The second kappa shape index (κ2) is 8.31. The Morgan fingerprint density at radius 1 is 1.57 bits per heavy atom. The van der Waals surface area contributed by atoms with Gasteiger partial charge in [0.1, 0.15) is 5.92 Å². The fourth-order valence-corrected chi connectivity index (χ4v) is 1.02. The molecule has 0 aromatic heterocycles. The lowest BCUT2D eigenvalue weighted by Gasteiger charge is -1.97. The second-order valence-corrected chi connectivity index (χ2v) is 3.07. The predicted molar refractivity (Wildman–Crippen MR) is 57.5 cm³/mol. The molecule has 3 heteroatoms. The number of nitrogens with zero attached hydrogens (tertiary/aromatic N) is 1. The van der Waals surface area contributed by atoms with E-state index in [1.807, 2.05) is 13.0 Å². The van der Waals surface area contributed by atoms with E-state index in [-0.39, 0.29) is 17.4 Å². The van der Waals surface area contributed by atoms with Crippen LogP contribution >= 0.6 is 0 Å². The molecule has 0 fully saturated rings. The lowest BCUT2D eigenvalue weighted by molar-refractivity contribution is -0.483. The van der Waals surface area contributed by atoms with Crippen LogP contribution in [-0.2, 0) is 0 Å². The van der Waals surface area contributed by atoms with Crippen LogP contribution in [0.5, 0.6) is 0 Å². The number of hydrogen-bond acceptors (Lipinski definition) is 2. The van der Waals surface area contributed by atoms with Crippen LogP contribution in [0, 0.1) is 27.9 Å². The van der Waals surface area contributed by atoms with Gasteiger partial charge in [0.25, 0.3) is 0 Å². The van der Waals surface area contributed by atoms with Crippen LogP contribution in [0.2, 0.25) is 0 Å². The molecule has 14 heavy (non-hydrogen) atoms.